The first-order valence-electron chi connectivity index (χ1n) is 8.85. The van der Waals surface area contributed by atoms with Gasteiger partial charge in [-0.2, -0.15) is 5.10 Å². The second-order valence-corrected chi connectivity index (χ2v) is 5.85. The van der Waals surface area contributed by atoms with Crippen molar-refractivity contribution < 1.29 is 9.53 Å². The molecular weight excluding hydrogens is 312 g/mol. The molecule has 0 saturated carbocycles. The van der Waals surface area contributed by atoms with E-state index in [0.717, 1.165) is 17.7 Å². The fraction of sp³-hybridized carbons (Fsp3) is 0.333. The van der Waals surface area contributed by atoms with E-state index in [1.165, 1.54) is 18.4 Å². The van der Waals surface area contributed by atoms with Gasteiger partial charge in [-0.05, 0) is 43.0 Å². The molecular formula is C21H26N2O2. The first kappa shape index (κ1) is 18.7. The van der Waals surface area contributed by atoms with Crippen LogP contribution in [0.2, 0.25) is 0 Å². The van der Waals surface area contributed by atoms with E-state index in [1.807, 2.05) is 42.5 Å². The van der Waals surface area contributed by atoms with Crippen LogP contribution in [0.3, 0.4) is 0 Å². The number of carbonyl (C=O) groups is 1. The molecule has 0 amide bonds. The number of hydrogen-bond donors (Lipinski definition) is 1. The zero-order valence-electron chi connectivity index (χ0n) is 15.0. The molecule has 4 heteroatoms. The summed E-state index contributed by atoms with van der Waals surface area (Å²) in [6.45, 7) is 4.31. The Morgan fingerprint density at radius 2 is 1.72 bits per heavy atom. The molecule has 25 heavy (non-hydrogen) atoms. The van der Waals surface area contributed by atoms with Gasteiger partial charge in [-0.15, -0.1) is 0 Å². The van der Waals surface area contributed by atoms with Crippen molar-refractivity contribution in [2.24, 2.45) is 5.10 Å². The van der Waals surface area contributed by atoms with Crippen molar-refractivity contribution in [1.82, 2.24) is 0 Å². The van der Waals surface area contributed by atoms with Gasteiger partial charge in [0.1, 0.15) is 5.71 Å². The summed E-state index contributed by atoms with van der Waals surface area (Å²) in [6.07, 6.45) is 3.89. The summed E-state index contributed by atoms with van der Waals surface area (Å²) in [6, 6.07) is 17.9. The van der Waals surface area contributed by atoms with Gasteiger partial charge in [0.05, 0.1) is 12.3 Å². The van der Waals surface area contributed by atoms with Crippen LogP contribution in [0.5, 0.6) is 0 Å². The lowest BCUT2D eigenvalue weighted by atomic mass is 10.1. The van der Waals surface area contributed by atoms with Crippen LogP contribution in [-0.2, 0) is 22.4 Å². The van der Waals surface area contributed by atoms with Crippen molar-refractivity contribution in [2.45, 2.75) is 39.5 Å². The molecule has 0 bridgehead atoms. The number of esters is 1. The second-order valence-electron chi connectivity index (χ2n) is 5.85. The van der Waals surface area contributed by atoms with Gasteiger partial charge in [0.25, 0.3) is 0 Å². The standard InChI is InChI=1S/C21H26N2O2/c1-3-5-9-17-12-14-19(15-13-17)22-23-20(21(24)25-4-2)16-18-10-7-6-8-11-18/h6-8,10-15,22H,3-5,9,16H2,1-2H3/b23-20+. The van der Waals surface area contributed by atoms with Gasteiger partial charge in [-0.1, -0.05) is 55.8 Å². The van der Waals surface area contributed by atoms with Crippen LogP contribution in [0.25, 0.3) is 0 Å². The number of carbonyl (C=O) groups excluding carboxylic acids is 1. The highest BCUT2D eigenvalue weighted by Crippen LogP contribution is 2.12. The van der Waals surface area contributed by atoms with E-state index in [2.05, 4.69) is 29.6 Å². The predicted octanol–water partition coefficient (Wildman–Crippen LogP) is 4.60. The summed E-state index contributed by atoms with van der Waals surface area (Å²) in [5, 5.41) is 4.29. The van der Waals surface area contributed by atoms with E-state index in [9.17, 15) is 4.79 Å². The highest BCUT2D eigenvalue weighted by Gasteiger charge is 2.13. The number of nitrogens with one attached hydrogen (secondary N) is 1. The molecule has 0 spiro atoms. The van der Waals surface area contributed by atoms with Crippen LogP contribution >= 0.6 is 0 Å². The number of hydrogen-bond acceptors (Lipinski definition) is 4. The number of hydrazone groups is 1. The Bertz CT molecular complexity index is 679. The molecule has 0 fully saturated rings. The Kier molecular flexibility index (Phi) is 7.70. The van der Waals surface area contributed by atoms with Gasteiger partial charge in [0.2, 0.25) is 0 Å². The van der Waals surface area contributed by atoms with Gasteiger partial charge in [-0.25, -0.2) is 4.79 Å². The number of anilines is 1. The van der Waals surface area contributed by atoms with E-state index in [1.54, 1.807) is 6.92 Å². The maximum atomic E-state index is 12.1. The van der Waals surface area contributed by atoms with E-state index in [0.29, 0.717) is 18.7 Å². The summed E-state index contributed by atoms with van der Waals surface area (Å²) in [5.41, 5.74) is 6.53. The molecule has 2 rings (SSSR count). The number of aryl methyl sites for hydroxylation is 1. The monoisotopic (exact) mass is 338 g/mol. The molecule has 4 nitrogen and oxygen atoms in total. The van der Waals surface area contributed by atoms with Crippen molar-refractivity contribution in [2.75, 3.05) is 12.0 Å². The first-order valence-corrected chi connectivity index (χ1v) is 8.85. The van der Waals surface area contributed by atoms with E-state index < -0.39 is 5.97 Å². The largest absolute Gasteiger partial charge is 0.461 e. The van der Waals surface area contributed by atoms with Gasteiger partial charge >= 0.3 is 5.97 Å². The highest BCUT2D eigenvalue weighted by atomic mass is 16.5. The Morgan fingerprint density at radius 1 is 1.00 bits per heavy atom. The Balaban J connectivity index is 2.06. The molecule has 132 valence electrons. The molecule has 2 aromatic rings. The lowest BCUT2D eigenvalue weighted by Crippen LogP contribution is -2.21. The minimum Gasteiger partial charge on any atom is -0.461 e. The average Bonchev–Trinajstić information content (AvgIpc) is 2.65. The third-order valence-corrected chi connectivity index (χ3v) is 3.82. The zero-order valence-corrected chi connectivity index (χ0v) is 15.0. The Morgan fingerprint density at radius 3 is 2.36 bits per heavy atom. The number of rotatable bonds is 9. The van der Waals surface area contributed by atoms with Gasteiger partial charge in [-0.3, -0.25) is 5.43 Å². The Labute approximate surface area is 149 Å². The van der Waals surface area contributed by atoms with Crippen molar-refractivity contribution in [3.63, 3.8) is 0 Å². The second kappa shape index (κ2) is 10.3. The topological polar surface area (TPSA) is 50.7 Å². The quantitative estimate of drug-likeness (QED) is 0.413. The predicted molar refractivity (Wildman–Crippen MR) is 103 cm³/mol. The van der Waals surface area contributed by atoms with Crippen LogP contribution in [0.15, 0.2) is 59.7 Å². The van der Waals surface area contributed by atoms with Crippen LogP contribution in [0.4, 0.5) is 5.69 Å². The molecule has 0 aliphatic carbocycles. The van der Waals surface area contributed by atoms with E-state index in [-0.39, 0.29) is 0 Å². The van der Waals surface area contributed by atoms with Crippen LogP contribution in [-0.4, -0.2) is 18.3 Å². The minimum absolute atomic E-state index is 0.332. The summed E-state index contributed by atoms with van der Waals surface area (Å²) in [5.74, 6) is -0.390. The van der Waals surface area contributed by atoms with E-state index in [4.69, 9.17) is 4.74 Å². The maximum Gasteiger partial charge on any atom is 0.354 e. The van der Waals surface area contributed by atoms with Gasteiger partial charge in [0, 0.05) is 6.42 Å². The first-order chi connectivity index (χ1) is 12.2. The third kappa shape index (κ3) is 6.42. The summed E-state index contributed by atoms with van der Waals surface area (Å²) >= 11 is 0. The molecule has 0 radical (unpaired) electrons. The molecule has 0 atom stereocenters. The molecule has 2 aromatic carbocycles. The van der Waals surface area contributed by atoms with Crippen LogP contribution < -0.4 is 5.43 Å². The van der Waals surface area contributed by atoms with E-state index >= 15 is 0 Å². The van der Waals surface area contributed by atoms with Crippen LogP contribution in [0.1, 0.15) is 37.8 Å². The number of nitrogens with zero attached hydrogens (tertiary/aromatic N) is 1. The summed E-state index contributed by atoms with van der Waals surface area (Å²) in [4.78, 5) is 12.1. The normalized spacial score (nSPS) is 11.2. The third-order valence-electron chi connectivity index (χ3n) is 3.82. The molecule has 0 aromatic heterocycles. The Hall–Kier alpha value is -2.62. The summed E-state index contributed by atoms with van der Waals surface area (Å²) in [7, 11) is 0. The maximum absolute atomic E-state index is 12.1. The number of unbranched alkanes of at least 4 members (excludes halogenated alkanes) is 1. The molecule has 1 N–H and O–H groups in total. The molecule has 0 heterocycles. The van der Waals surface area contributed by atoms with Crippen molar-refractivity contribution in [3.05, 3.63) is 65.7 Å². The van der Waals surface area contributed by atoms with Crippen molar-refractivity contribution in [1.29, 1.82) is 0 Å². The fourth-order valence-electron chi connectivity index (χ4n) is 2.42. The lowest BCUT2D eigenvalue weighted by molar-refractivity contribution is -0.135. The van der Waals surface area contributed by atoms with Gasteiger partial charge in [0.15, 0.2) is 0 Å². The lowest BCUT2D eigenvalue weighted by Gasteiger charge is -2.08. The van der Waals surface area contributed by atoms with Gasteiger partial charge < -0.3 is 4.74 Å². The molecule has 0 saturated heterocycles. The molecule has 0 aliphatic rings. The number of ether oxygens (including phenoxy) is 1. The molecule has 0 unspecified atom stereocenters. The fourth-order valence-corrected chi connectivity index (χ4v) is 2.42. The number of benzene rings is 2. The minimum atomic E-state index is -0.390. The zero-order chi connectivity index (χ0) is 17.9. The molecule has 0 aliphatic heterocycles. The van der Waals surface area contributed by atoms with Crippen LogP contribution in [0, 0.1) is 0 Å². The van der Waals surface area contributed by atoms with Crippen molar-refractivity contribution >= 4 is 17.4 Å². The SMILES string of the molecule is CCCCc1ccc(N/N=C(\Cc2ccccc2)C(=O)OCC)cc1. The highest BCUT2D eigenvalue weighted by molar-refractivity contribution is 6.37. The smallest absolute Gasteiger partial charge is 0.354 e. The van der Waals surface area contributed by atoms with Crippen molar-refractivity contribution in [3.8, 4) is 0 Å². The summed E-state index contributed by atoms with van der Waals surface area (Å²) < 4.78 is 5.12. The average molecular weight is 338 g/mol.